The SMILES string of the molecule is CC(C)(C)OC(=O)N1CCN(c2ncnc(-c3ccccc3)n2)CC1. The third kappa shape index (κ3) is 4.43. The van der Waals surface area contributed by atoms with Crippen LogP contribution in [0.15, 0.2) is 36.7 Å². The zero-order chi connectivity index (χ0) is 17.9. The summed E-state index contributed by atoms with van der Waals surface area (Å²) in [5.74, 6) is 1.29. The van der Waals surface area contributed by atoms with Crippen molar-refractivity contribution in [2.75, 3.05) is 31.1 Å². The van der Waals surface area contributed by atoms with Gasteiger partial charge in [0.1, 0.15) is 11.9 Å². The molecule has 0 aliphatic carbocycles. The lowest BCUT2D eigenvalue weighted by atomic mass is 10.2. The molecule has 25 heavy (non-hydrogen) atoms. The van der Waals surface area contributed by atoms with Gasteiger partial charge in [0.2, 0.25) is 5.95 Å². The quantitative estimate of drug-likeness (QED) is 0.836. The van der Waals surface area contributed by atoms with Crippen molar-refractivity contribution in [1.82, 2.24) is 19.9 Å². The number of piperazine rings is 1. The number of nitrogens with zero attached hydrogens (tertiary/aromatic N) is 5. The van der Waals surface area contributed by atoms with E-state index in [0.29, 0.717) is 38.0 Å². The van der Waals surface area contributed by atoms with E-state index in [9.17, 15) is 4.79 Å². The van der Waals surface area contributed by atoms with Crippen LogP contribution in [0.25, 0.3) is 11.4 Å². The Labute approximate surface area is 147 Å². The highest BCUT2D eigenvalue weighted by Crippen LogP contribution is 2.18. The van der Waals surface area contributed by atoms with Gasteiger partial charge >= 0.3 is 6.09 Å². The summed E-state index contributed by atoms with van der Waals surface area (Å²) in [6.07, 6.45) is 1.26. The largest absolute Gasteiger partial charge is 0.444 e. The lowest BCUT2D eigenvalue weighted by Gasteiger charge is -2.35. The fourth-order valence-corrected chi connectivity index (χ4v) is 2.58. The molecule has 0 radical (unpaired) electrons. The summed E-state index contributed by atoms with van der Waals surface area (Å²) in [6, 6.07) is 9.82. The van der Waals surface area contributed by atoms with Gasteiger partial charge in [-0.25, -0.2) is 14.8 Å². The zero-order valence-electron chi connectivity index (χ0n) is 14.8. The summed E-state index contributed by atoms with van der Waals surface area (Å²) in [7, 11) is 0. The van der Waals surface area contributed by atoms with Crippen LogP contribution < -0.4 is 4.90 Å². The molecule has 0 atom stereocenters. The highest BCUT2D eigenvalue weighted by molar-refractivity contribution is 5.68. The standard InChI is InChI=1S/C18H23N5O2/c1-18(2,3)25-17(24)23-11-9-22(10-12-23)16-20-13-19-15(21-16)14-7-5-4-6-8-14/h4-8,13H,9-12H2,1-3H3. The number of rotatable bonds is 2. The van der Waals surface area contributed by atoms with E-state index in [1.54, 1.807) is 4.90 Å². The van der Waals surface area contributed by atoms with Crippen LogP contribution in [0.1, 0.15) is 20.8 Å². The zero-order valence-corrected chi connectivity index (χ0v) is 14.8. The van der Waals surface area contributed by atoms with E-state index in [-0.39, 0.29) is 6.09 Å². The maximum Gasteiger partial charge on any atom is 0.410 e. The number of amides is 1. The van der Waals surface area contributed by atoms with Gasteiger partial charge in [0.05, 0.1) is 0 Å². The Morgan fingerprint density at radius 1 is 1.04 bits per heavy atom. The summed E-state index contributed by atoms with van der Waals surface area (Å²) in [5.41, 5.74) is 0.478. The van der Waals surface area contributed by atoms with Crippen LogP contribution in [0.5, 0.6) is 0 Å². The summed E-state index contributed by atoms with van der Waals surface area (Å²) < 4.78 is 5.42. The van der Waals surface area contributed by atoms with Crippen molar-refractivity contribution in [3.63, 3.8) is 0 Å². The molecule has 1 fully saturated rings. The fraction of sp³-hybridized carbons (Fsp3) is 0.444. The second kappa shape index (κ2) is 7.04. The molecule has 2 aromatic rings. The van der Waals surface area contributed by atoms with Gasteiger partial charge in [-0.3, -0.25) is 0 Å². The normalized spacial score (nSPS) is 15.2. The van der Waals surface area contributed by atoms with Crippen molar-refractivity contribution in [1.29, 1.82) is 0 Å². The van der Waals surface area contributed by atoms with Gasteiger partial charge < -0.3 is 14.5 Å². The van der Waals surface area contributed by atoms with Crippen LogP contribution >= 0.6 is 0 Å². The third-order valence-corrected chi connectivity index (χ3v) is 3.81. The molecule has 2 heterocycles. The smallest absolute Gasteiger partial charge is 0.410 e. The lowest BCUT2D eigenvalue weighted by molar-refractivity contribution is 0.0240. The molecule has 1 amide bonds. The average molecular weight is 341 g/mol. The molecule has 1 aliphatic heterocycles. The van der Waals surface area contributed by atoms with Crippen molar-refractivity contribution < 1.29 is 9.53 Å². The van der Waals surface area contributed by atoms with Gasteiger partial charge in [0, 0.05) is 31.7 Å². The van der Waals surface area contributed by atoms with Crippen molar-refractivity contribution >= 4 is 12.0 Å². The number of hydrogen-bond donors (Lipinski definition) is 0. The van der Waals surface area contributed by atoms with E-state index in [1.807, 2.05) is 51.1 Å². The van der Waals surface area contributed by atoms with Crippen molar-refractivity contribution in [2.45, 2.75) is 26.4 Å². The summed E-state index contributed by atoms with van der Waals surface area (Å²) in [4.78, 5) is 29.0. The van der Waals surface area contributed by atoms with E-state index >= 15 is 0 Å². The molecule has 1 aromatic heterocycles. The maximum atomic E-state index is 12.1. The van der Waals surface area contributed by atoms with Crippen LogP contribution in [0, 0.1) is 0 Å². The molecular formula is C18H23N5O2. The number of carbonyl (C=O) groups is 1. The topological polar surface area (TPSA) is 71.5 Å². The monoisotopic (exact) mass is 341 g/mol. The first-order chi connectivity index (χ1) is 11.9. The van der Waals surface area contributed by atoms with E-state index in [1.165, 1.54) is 6.33 Å². The highest BCUT2D eigenvalue weighted by Gasteiger charge is 2.26. The van der Waals surface area contributed by atoms with Gasteiger partial charge in [-0.2, -0.15) is 4.98 Å². The van der Waals surface area contributed by atoms with Gasteiger partial charge in [-0.15, -0.1) is 0 Å². The second-order valence-electron chi connectivity index (χ2n) is 6.93. The number of benzene rings is 1. The minimum absolute atomic E-state index is 0.271. The minimum atomic E-state index is -0.479. The van der Waals surface area contributed by atoms with Crippen LogP contribution in [-0.4, -0.2) is 57.7 Å². The summed E-state index contributed by atoms with van der Waals surface area (Å²) in [5, 5.41) is 0. The molecule has 0 bridgehead atoms. The number of hydrogen-bond acceptors (Lipinski definition) is 6. The first-order valence-electron chi connectivity index (χ1n) is 8.40. The molecule has 1 aliphatic rings. The molecule has 0 N–H and O–H groups in total. The van der Waals surface area contributed by atoms with Gasteiger partial charge in [-0.05, 0) is 20.8 Å². The van der Waals surface area contributed by atoms with E-state index < -0.39 is 5.60 Å². The summed E-state index contributed by atoms with van der Waals surface area (Å²) in [6.45, 7) is 8.11. The van der Waals surface area contributed by atoms with E-state index in [0.717, 1.165) is 5.56 Å². The molecule has 132 valence electrons. The van der Waals surface area contributed by atoms with Gasteiger partial charge in [0.15, 0.2) is 5.82 Å². The van der Waals surface area contributed by atoms with Crippen LogP contribution in [0.2, 0.25) is 0 Å². The van der Waals surface area contributed by atoms with Crippen molar-refractivity contribution in [2.24, 2.45) is 0 Å². The van der Waals surface area contributed by atoms with Crippen molar-refractivity contribution in [3.8, 4) is 11.4 Å². The fourth-order valence-electron chi connectivity index (χ4n) is 2.58. The molecular weight excluding hydrogens is 318 g/mol. The first kappa shape index (κ1) is 17.1. The molecule has 1 aromatic carbocycles. The summed E-state index contributed by atoms with van der Waals surface area (Å²) >= 11 is 0. The second-order valence-corrected chi connectivity index (χ2v) is 6.93. The van der Waals surface area contributed by atoms with Crippen molar-refractivity contribution in [3.05, 3.63) is 36.7 Å². The molecule has 7 heteroatoms. The molecule has 1 saturated heterocycles. The third-order valence-electron chi connectivity index (χ3n) is 3.81. The van der Waals surface area contributed by atoms with Crippen LogP contribution in [-0.2, 0) is 4.74 Å². The number of carbonyl (C=O) groups excluding carboxylic acids is 1. The van der Waals surface area contributed by atoms with Crippen LogP contribution in [0.4, 0.5) is 10.7 Å². The van der Waals surface area contributed by atoms with E-state index in [4.69, 9.17) is 4.74 Å². The number of anilines is 1. The van der Waals surface area contributed by atoms with E-state index in [2.05, 4.69) is 19.9 Å². The predicted molar refractivity (Wildman–Crippen MR) is 95.3 cm³/mol. The molecule has 7 nitrogen and oxygen atoms in total. The molecule has 0 spiro atoms. The Morgan fingerprint density at radius 3 is 2.36 bits per heavy atom. The Morgan fingerprint density at radius 2 is 1.72 bits per heavy atom. The number of aromatic nitrogens is 3. The Hall–Kier alpha value is -2.70. The number of ether oxygens (including phenoxy) is 1. The predicted octanol–water partition coefficient (Wildman–Crippen LogP) is 2.60. The Kier molecular flexibility index (Phi) is 4.83. The Bertz CT molecular complexity index is 722. The average Bonchev–Trinajstić information content (AvgIpc) is 2.61. The Balaban J connectivity index is 1.65. The minimum Gasteiger partial charge on any atom is -0.444 e. The highest BCUT2D eigenvalue weighted by atomic mass is 16.6. The molecule has 3 rings (SSSR count). The van der Waals surface area contributed by atoms with Gasteiger partial charge in [-0.1, -0.05) is 30.3 Å². The van der Waals surface area contributed by atoms with Crippen LogP contribution in [0.3, 0.4) is 0 Å². The molecule has 0 saturated carbocycles. The maximum absolute atomic E-state index is 12.1. The lowest BCUT2D eigenvalue weighted by Crippen LogP contribution is -2.50. The first-order valence-corrected chi connectivity index (χ1v) is 8.40. The van der Waals surface area contributed by atoms with Gasteiger partial charge in [0.25, 0.3) is 0 Å². The molecule has 0 unspecified atom stereocenters.